The predicted molar refractivity (Wildman–Crippen MR) is 161 cm³/mol. The summed E-state index contributed by atoms with van der Waals surface area (Å²) in [5.41, 5.74) is 1.18. The van der Waals surface area contributed by atoms with Crippen molar-refractivity contribution in [2.24, 2.45) is 0 Å². The molecule has 44 heavy (non-hydrogen) atoms. The number of benzene rings is 1. The number of anilines is 1. The van der Waals surface area contributed by atoms with Gasteiger partial charge in [0.25, 0.3) is 11.5 Å². The quantitative estimate of drug-likeness (QED) is 0.284. The Balaban J connectivity index is 1.56. The van der Waals surface area contributed by atoms with Gasteiger partial charge in [-0.25, -0.2) is 19.2 Å². The van der Waals surface area contributed by atoms with Gasteiger partial charge in [-0.3, -0.25) is 9.59 Å². The summed E-state index contributed by atoms with van der Waals surface area (Å²) in [6.45, 7) is 7.51. The third-order valence-corrected chi connectivity index (χ3v) is 8.26. The van der Waals surface area contributed by atoms with Crippen molar-refractivity contribution in [1.82, 2.24) is 29.2 Å². The lowest BCUT2D eigenvalue weighted by Crippen LogP contribution is -2.46. The van der Waals surface area contributed by atoms with Crippen LogP contribution in [0.4, 0.5) is 19.0 Å². The fourth-order valence-electron chi connectivity index (χ4n) is 5.16. The molecule has 2 atom stereocenters. The Morgan fingerprint density at radius 2 is 1.95 bits per heavy atom. The SMILES string of the molecule is CC[C@H](O)CNc1ccc(-n2c(-n3nc(C)cc3C)nc3c(c2=O)C[C@@H](C)N(C(=O)c2ccc(Br)c(C(F)(F)F)c2)C3)cn1. The minimum absolute atomic E-state index is 0.0734. The molecule has 232 valence electrons. The highest BCUT2D eigenvalue weighted by molar-refractivity contribution is 9.10. The predicted octanol–water partition coefficient (Wildman–Crippen LogP) is 4.98. The molecule has 4 heterocycles. The minimum atomic E-state index is -4.64. The molecule has 4 aromatic rings. The number of hydrogen-bond donors (Lipinski definition) is 2. The zero-order valence-electron chi connectivity index (χ0n) is 24.5. The summed E-state index contributed by atoms with van der Waals surface area (Å²) in [7, 11) is 0. The number of halogens is 4. The molecule has 14 heteroatoms. The Kier molecular flexibility index (Phi) is 8.67. The number of pyridine rings is 1. The van der Waals surface area contributed by atoms with E-state index in [1.807, 2.05) is 26.8 Å². The van der Waals surface area contributed by atoms with Crippen molar-refractivity contribution in [3.05, 3.63) is 91.2 Å². The topological polar surface area (TPSA) is 118 Å². The molecule has 1 aromatic carbocycles. The molecule has 0 bridgehead atoms. The van der Waals surface area contributed by atoms with Crippen LogP contribution in [0, 0.1) is 13.8 Å². The maximum Gasteiger partial charge on any atom is 0.417 e. The second kappa shape index (κ2) is 12.2. The van der Waals surface area contributed by atoms with Crippen molar-refractivity contribution < 1.29 is 23.1 Å². The van der Waals surface area contributed by atoms with E-state index in [0.29, 0.717) is 41.4 Å². The van der Waals surface area contributed by atoms with E-state index in [1.165, 1.54) is 32.5 Å². The van der Waals surface area contributed by atoms with Gasteiger partial charge >= 0.3 is 6.18 Å². The summed E-state index contributed by atoms with van der Waals surface area (Å²) in [5, 5.41) is 17.5. The standard InChI is InChI=1S/C30H31BrF3N7O3/c1-5-21(42)14-36-26-9-7-20(13-35-26)40-28(44)22-11-17(3)39(15-25(22)37-29(40)41-18(4)10-16(2)38-41)27(43)19-6-8-24(31)23(12-19)30(32,33)34/h6-10,12-13,17,21,42H,5,11,14-15H2,1-4H3,(H,35,36)/t17-,21+/m1/s1. The summed E-state index contributed by atoms with van der Waals surface area (Å²) in [6.07, 6.45) is -2.90. The number of carbonyl (C=O) groups excluding carboxylic acids is 1. The molecule has 2 N–H and O–H groups in total. The Morgan fingerprint density at radius 3 is 2.57 bits per heavy atom. The first-order valence-corrected chi connectivity index (χ1v) is 14.8. The molecule has 0 unspecified atom stereocenters. The smallest absolute Gasteiger partial charge is 0.391 e. The highest BCUT2D eigenvalue weighted by Crippen LogP contribution is 2.36. The maximum absolute atomic E-state index is 14.1. The number of nitrogens with zero attached hydrogens (tertiary/aromatic N) is 6. The average Bonchev–Trinajstić information content (AvgIpc) is 3.32. The van der Waals surface area contributed by atoms with Gasteiger partial charge in [0.2, 0.25) is 5.95 Å². The van der Waals surface area contributed by atoms with Crippen LogP contribution in [-0.2, 0) is 19.1 Å². The van der Waals surface area contributed by atoms with Crippen LogP contribution in [0.5, 0.6) is 0 Å². The monoisotopic (exact) mass is 673 g/mol. The van der Waals surface area contributed by atoms with Crippen molar-refractivity contribution in [3.8, 4) is 11.6 Å². The first-order chi connectivity index (χ1) is 20.8. The molecule has 1 aliphatic rings. The first kappa shape index (κ1) is 31.4. The lowest BCUT2D eigenvalue weighted by Gasteiger charge is -2.34. The van der Waals surface area contributed by atoms with Gasteiger partial charge in [-0.2, -0.15) is 18.3 Å². The van der Waals surface area contributed by atoms with Gasteiger partial charge in [0, 0.05) is 33.9 Å². The van der Waals surface area contributed by atoms with Crippen LogP contribution in [0.15, 0.2) is 51.9 Å². The number of hydrogen-bond acceptors (Lipinski definition) is 7. The number of aromatic nitrogens is 5. The van der Waals surface area contributed by atoms with Gasteiger partial charge in [-0.15, -0.1) is 0 Å². The van der Waals surface area contributed by atoms with Gasteiger partial charge in [0.1, 0.15) is 5.82 Å². The number of fused-ring (bicyclic) bond motifs is 1. The lowest BCUT2D eigenvalue weighted by molar-refractivity contribution is -0.138. The van der Waals surface area contributed by atoms with E-state index in [-0.39, 0.29) is 34.5 Å². The van der Waals surface area contributed by atoms with Crippen molar-refractivity contribution in [2.45, 2.75) is 65.4 Å². The average molecular weight is 675 g/mol. The highest BCUT2D eigenvalue weighted by atomic mass is 79.9. The molecule has 0 fully saturated rings. The second-order valence-electron chi connectivity index (χ2n) is 10.8. The van der Waals surface area contributed by atoms with E-state index in [1.54, 1.807) is 19.1 Å². The van der Waals surface area contributed by atoms with E-state index in [9.17, 15) is 27.9 Å². The normalized spacial score (nSPS) is 15.7. The zero-order chi connectivity index (χ0) is 31.9. The Bertz CT molecular complexity index is 1770. The van der Waals surface area contributed by atoms with Crippen LogP contribution in [0.3, 0.4) is 0 Å². The molecule has 0 saturated heterocycles. The molecular formula is C30H31BrF3N7O3. The number of aliphatic hydroxyl groups excluding tert-OH is 1. The number of rotatable bonds is 7. The Hall–Kier alpha value is -4.04. The van der Waals surface area contributed by atoms with Crippen molar-refractivity contribution in [3.63, 3.8) is 0 Å². The van der Waals surface area contributed by atoms with Crippen molar-refractivity contribution in [1.29, 1.82) is 0 Å². The fraction of sp³-hybridized carbons (Fsp3) is 0.367. The van der Waals surface area contributed by atoms with Crippen molar-refractivity contribution >= 4 is 27.7 Å². The maximum atomic E-state index is 14.1. The third-order valence-electron chi connectivity index (χ3n) is 7.57. The van der Waals surface area contributed by atoms with Crippen molar-refractivity contribution in [2.75, 3.05) is 11.9 Å². The Labute approximate surface area is 259 Å². The van der Waals surface area contributed by atoms with Crippen LogP contribution in [0.2, 0.25) is 0 Å². The van der Waals surface area contributed by atoms with Gasteiger partial charge in [-0.1, -0.05) is 22.9 Å². The summed E-state index contributed by atoms with van der Waals surface area (Å²) in [5.74, 6) is 0.116. The van der Waals surface area contributed by atoms with E-state index in [0.717, 1.165) is 11.8 Å². The molecule has 0 spiro atoms. The molecule has 0 aliphatic carbocycles. The van der Waals surface area contributed by atoms with Crippen LogP contribution in [0.1, 0.15) is 58.8 Å². The highest BCUT2D eigenvalue weighted by Gasteiger charge is 2.36. The van der Waals surface area contributed by atoms with Crippen LogP contribution in [0.25, 0.3) is 11.6 Å². The molecule has 0 saturated carbocycles. The van der Waals surface area contributed by atoms with Gasteiger partial charge < -0.3 is 15.3 Å². The Morgan fingerprint density at radius 1 is 1.20 bits per heavy atom. The third kappa shape index (κ3) is 6.13. The molecular weight excluding hydrogens is 643 g/mol. The molecule has 5 rings (SSSR count). The molecule has 1 aliphatic heterocycles. The van der Waals surface area contributed by atoms with Crippen LogP contribution >= 0.6 is 15.9 Å². The summed E-state index contributed by atoms with van der Waals surface area (Å²) >= 11 is 2.92. The van der Waals surface area contributed by atoms with Crippen LogP contribution in [-0.4, -0.2) is 58.9 Å². The van der Waals surface area contributed by atoms with Crippen LogP contribution < -0.4 is 10.9 Å². The zero-order valence-corrected chi connectivity index (χ0v) is 26.1. The summed E-state index contributed by atoms with van der Waals surface area (Å²) in [6, 6.07) is 8.13. The minimum Gasteiger partial charge on any atom is -0.391 e. The van der Waals surface area contributed by atoms with E-state index in [4.69, 9.17) is 4.98 Å². The second-order valence-corrected chi connectivity index (χ2v) is 11.7. The number of carbonyl (C=O) groups is 1. The fourth-order valence-corrected chi connectivity index (χ4v) is 5.63. The first-order valence-electron chi connectivity index (χ1n) is 14.0. The number of nitrogens with one attached hydrogen (secondary N) is 1. The van der Waals surface area contributed by atoms with E-state index >= 15 is 0 Å². The van der Waals surface area contributed by atoms with Gasteiger partial charge in [0.05, 0.1) is 41.5 Å². The summed E-state index contributed by atoms with van der Waals surface area (Å²) < 4.78 is 43.4. The van der Waals surface area contributed by atoms with E-state index in [2.05, 4.69) is 31.3 Å². The number of aryl methyl sites for hydroxylation is 2. The molecule has 0 radical (unpaired) electrons. The van der Waals surface area contributed by atoms with Gasteiger partial charge in [0.15, 0.2) is 0 Å². The largest absolute Gasteiger partial charge is 0.417 e. The van der Waals surface area contributed by atoms with E-state index < -0.39 is 29.8 Å². The lowest BCUT2D eigenvalue weighted by atomic mass is 9.98. The number of amides is 1. The number of aliphatic hydroxyl groups is 1. The summed E-state index contributed by atoms with van der Waals surface area (Å²) in [4.78, 5) is 38.3. The number of alkyl halides is 3. The van der Waals surface area contributed by atoms with Gasteiger partial charge in [-0.05, 0) is 70.0 Å². The molecule has 3 aromatic heterocycles. The molecule has 1 amide bonds. The molecule has 10 nitrogen and oxygen atoms in total.